The van der Waals surface area contributed by atoms with E-state index >= 15 is 0 Å². The van der Waals surface area contributed by atoms with Crippen molar-refractivity contribution >= 4 is 28.9 Å². The first kappa shape index (κ1) is 18.7. The number of hydrogen-bond donors (Lipinski definition) is 1. The predicted octanol–water partition coefficient (Wildman–Crippen LogP) is 4.36. The van der Waals surface area contributed by atoms with Crippen molar-refractivity contribution in [3.05, 3.63) is 70.6 Å². The molecule has 7 heteroatoms. The third kappa shape index (κ3) is 3.84. The minimum atomic E-state index is -0.971. The monoisotopic (exact) mass is 404 g/mol. The van der Waals surface area contributed by atoms with Crippen LogP contribution in [0.5, 0.6) is 5.75 Å². The lowest BCUT2D eigenvalue weighted by atomic mass is 10.1. The normalized spacial score (nSPS) is 12.6. The summed E-state index contributed by atoms with van der Waals surface area (Å²) in [6, 6.07) is 17.9. The Labute approximate surface area is 171 Å². The number of benzene rings is 2. The van der Waals surface area contributed by atoms with Crippen molar-refractivity contribution in [3.8, 4) is 22.3 Å². The largest absolute Gasteiger partial charge is 0.488 e. The molecule has 3 aromatic rings. The first-order chi connectivity index (χ1) is 14.0. The van der Waals surface area contributed by atoms with Gasteiger partial charge in [-0.2, -0.15) is 5.26 Å². The minimum absolute atomic E-state index is 0.394. The van der Waals surface area contributed by atoms with Crippen molar-refractivity contribution in [2.45, 2.75) is 19.6 Å². The molecule has 0 bridgehead atoms. The van der Waals surface area contributed by atoms with Gasteiger partial charge in [0.25, 0.3) is 5.91 Å². The van der Waals surface area contributed by atoms with Crippen LogP contribution in [0.4, 0.5) is 5.69 Å². The zero-order valence-electron chi connectivity index (χ0n) is 15.5. The van der Waals surface area contributed by atoms with Gasteiger partial charge >= 0.3 is 5.97 Å². The Hall–Kier alpha value is -3.63. The van der Waals surface area contributed by atoms with Gasteiger partial charge in [0.2, 0.25) is 0 Å². The van der Waals surface area contributed by atoms with Crippen LogP contribution in [0.15, 0.2) is 54.6 Å². The van der Waals surface area contributed by atoms with E-state index < -0.39 is 18.0 Å². The number of hydrogen-bond acceptors (Lipinski definition) is 6. The fourth-order valence-electron chi connectivity index (χ4n) is 2.94. The van der Waals surface area contributed by atoms with Crippen LogP contribution in [0.25, 0.3) is 10.4 Å². The number of para-hydroxylation sites is 1. The molecule has 0 fully saturated rings. The lowest BCUT2D eigenvalue weighted by Crippen LogP contribution is -2.29. The molecular formula is C22H16N2O4S. The van der Waals surface area contributed by atoms with E-state index in [0.29, 0.717) is 22.7 Å². The van der Waals surface area contributed by atoms with E-state index in [1.165, 1.54) is 18.3 Å². The molecule has 0 spiro atoms. The Bertz CT molecular complexity index is 1130. The van der Waals surface area contributed by atoms with Gasteiger partial charge < -0.3 is 14.8 Å². The fraction of sp³-hybridized carbons (Fsp3) is 0.136. The molecule has 0 saturated carbocycles. The van der Waals surface area contributed by atoms with Crippen LogP contribution in [0, 0.1) is 11.3 Å². The van der Waals surface area contributed by atoms with Crippen LogP contribution in [-0.4, -0.2) is 18.0 Å². The number of nitrogens with one attached hydrogen (secondary N) is 1. The molecule has 1 amide bonds. The number of fused-ring (bicyclic) bond motifs is 3. The third-order valence-corrected chi connectivity index (χ3v) is 5.65. The molecule has 4 rings (SSSR count). The lowest BCUT2D eigenvalue weighted by molar-refractivity contribution is -0.123. The van der Waals surface area contributed by atoms with Crippen LogP contribution < -0.4 is 10.1 Å². The molecule has 0 saturated heterocycles. The number of nitrogens with zero attached hydrogens (tertiary/aromatic N) is 1. The Morgan fingerprint density at radius 1 is 1.21 bits per heavy atom. The Balaban J connectivity index is 1.44. The van der Waals surface area contributed by atoms with E-state index in [0.717, 1.165) is 21.8 Å². The highest BCUT2D eigenvalue weighted by atomic mass is 32.1. The second-order valence-electron chi connectivity index (χ2n) is 6.48. The molecule has 2 heterocycles. The molecule has 144 valence electrons. The highest BCUT2D eigenvalue weighted by Crippen LogP contribution is 2.42. The fourth-order valence-corrected chi connectivity index (χ4v) is 4.02. The average Bonchev–Trinajstić information content (AvgIpc) is 3.19. The lowest BCUT2D eigenvalue weighted by Gasteiger charge is -2.16. The molecule has 0 aliphatic carbocycles. The van der Waals surface area contributed by atoms with E-state index in [4.69, 9.17) is 14.7 Å². The van der Waals surface area contributed by atoms with Crippen LogP contribution in [-0.2, 0) is 16.1 Å². The van der Waals surface area contributed by atoms with Crippen molar-refractivity contribution in [3.63, 3.8) is 0 Å². The molecule has 29 heavy (non-hydrogen) atoms. The molecule has 1 aliphatic rings. The van der Waals surface area contributed by atoms with Gasteiger partial charge in [-0.3, -0.25) is 4.79 Å². The molecule has 6 nitrogen and oxygen atoms in total. The number of carbonyl (C=O) groups is 2. The van der Waals surface area contributed by atoms with Gasteiger partial charge in [-0.15, -0.1) is 11.3 Å². The summed E-state index contributed by atoms with van der Waals surface area (Å²) in [5, 5.41) is 11.5. The maximum atomic E-state index is 12.6. The summed E-state index contributed by atoms with van der Waals surface area (Å²) < 4.78 is 11.1. The van der Waals surface area contributed by atoms with Crippen LogP contribution in [0.3, 0.4) is 0 Å². The quantitative estimate of drug-likeness (QED) is 0.653. The summed E-state index contributed by atoms with van der Waals surface area (Å²) in [6.45, 7) is 1.91. The van der Waals surface area contributed by atoms with E-state index in [2.05, 4.69) is 5.32 Å². The smallest absolute Gasteiger partial charge is 0.349 e. The maximum absolute atomic E-state index is 12.6. The first-order valence-corrected chi connectivity index (χ1v) is 9.73. The SMILES string of the molecule is CC(OC(=O)c1cc2c(s1)-c1ccccc1OC2)C(=O)Nc1ccc(C#N)cc1. The summed E-state index contributed by atoms with van der Waals surface area (Å²) in [7, 11) is 0. The number of nitriles is 1. The summed E-state index contributed by atoms with van der Waals surface area (Å²) in [5.74, 6) is -0.209. The van der Waals surface area contributed by atoms with Gasteiger partial charge in [-0.1, -0.05) is 12.1 Å². The summed E-state index contributed by atoms with van der Waals surface area (Å²) in [5.41, 5.74) is 2.90. The number of carbonyl (C=O) groups excluding carboxylic acids is 2. The third-order valence-electron chi connectivity index (χ3n) is 4.46. The molecule has 0 radical (unpaired) electrons. The van der Waals surface area contributed by atoms with Crippen molar-refractivity contribution < 1.29 is 19.1 Å². The number of amides is 1. The van der Waals surface area contributed by atoms with Crippen LogP contribution >= 0.6 is 11.3 Å². The van der Waals surface area contributed by atoms with Crippen molar-refractivity contribution in [2.24, 2.45) is 0 Å². The van der Waals surface area contributed by atoms with Gasteiger partial charge in [-0.25, -0.2) is 4.79 Å². The van der Waals surface area contributed by atoms with Crippen LogP contribution in [0.2, 0.25) is 0 Å². The van der Waals surface area contributed by atoms with Gasteiger partial charge in [-0.05, 0) is 49.4 Å². The minimum Gasteiger partial charge on any atom is -0.488 e. The Kier molecular flexibility index (Phi) is 5.02. The average molecular weight is 404 g/mol. The van der Waals surface area contributed by atoms with Crippen LogP contribution in [0.1, 0.15) is 27.7 Å². The van der Waals surface area contributed by atoms with Gasteiger partial charge in [0.15, 0.2) is 6.10 Å². The molecule has 1 atom stereocenters. The molecule has 1 aliphatic heterocycles. The molecule has 1 N–H and O–H groups in total. The number of rotatable bonds is 4. The number of thiophene rings is 1. The maximum Gasteiger partial charge on any atom is 0.349 e. The van der Waals surface area contributed by atoms with Gasteiger partial charge in [0, 0.05) is 21.7 Å². The van der Waals surface area contributed by atoms with Gasteiger partial charge in [0.05, 0.1) is 11.6 Å². The Morgan fingerprint density at radius 2 is 1.97 bits per heavy atom. The molecule has 1 unspecified atom stereocenters. The van der Waals surface area contributed by atoms with Crippen molar-refractivity contribution in [2.75, 3.05) is 5.32 Å². The molecular weight excluding hydrogens is 388 g/mol. The summed E-state index contributed by atoms with van der Waals surface area (Å²) >= 11 is 1.33. The topological polar surface area (TPSA) is 88.4 Å². The molecule has 1 aromatic heterocycles. The number of esters is 1. The zero-order chi connectivity index (χ0) is 20.4. The number of anilines is 1. The second kappa shape index (κ2) is 7.78. The highest BCUT2D eigenvalue weighted by molar-refractivity contribution is 7.17. The standard InChI is InChI=1S/C22H16N2O4S/c1-13(21(25)24-16-8-6-14(11-23)7-9-16)28-22(26)19-10-15-12-27-18-5-3-2-4-17(18)20(15)29-19/h2-10,13H,12H2,1H3,(H,24,25). The summed E-state index contributed by atoms with van der Waals surface area (Å²) in [4.78, 5) is 26.3. The van der Waals surface area contributed by atoms with Crippen molar-refractivity contribution in [1.29, 1.82) is 5.26 Å². The van der Waals surface area contributed by atoms with E-state index in [1.54, 1.807) is 30.3 Å². The van der Waals surface area contributed by atoms with E-state index in [-0.39, 0.29) is 0 Å². The summed E-state index contributed by atoms with van der Waals surface area (Å²) in [6.07, 6.45) is -0.971. The Morgan fingerprint density at radius 3 is 2.72 bits per heavy atom. The second-order valence-corrected chi connectivity index (χ2v) is 7.53. The van der Waals surface area contributed by atoms with Gasteiger partial charge in [0.1, 0.15) is 17.2 Å². The zero-order valence-corrected chi connectivity index (χ0v) is 16.3. The van der Waals surface area contributed by atoms with E-state index in [1.807, 2.05) is 30.3 Å². The number of ether oxygens (including phenoxy) is 2. The first-order valence-electron chi connectivity index (χ1n) is 8.92. The predicted molar refractivity (Wildman–Crippen MR) is 109 cm³/mol. The molecule has 2 aromatic carbocycles. The highest BCUT2D eigenvalue weighted by Gasteiger charge is 2.25. The van der Waals surface area contributed by atoms with Crippen molar-refractivity contribution in [1.82, 2.24) is 0 Å². The van der Waals surface area contributed by atoms with E-state index in [9.17, 15) is 9.59 Å².